The molecule has 3 heteroatoms. The second kappa shape index (κ2) is 6.23. The molecule has 0 saturated carbocycles. The minimum atomic E-state index is 0.322. The Kier molecular flexibility index (Phi) is 4.34. The summed E-state index contributed by atoms with van der Waals surface area (Å²) in [4.78, 5) is 0. The first-order valence-electron chi connectivity index (χ1n) is 7.12. The minimum absolute atomic E-state index is 0.322. The molecule has 0 radical (unpaired) electrons. The molecule has 0 spiro atoms. The Morgan fingerprint density at radius 3 is 2.62 bits per heavy atom. The Morgan fingerprint density at radius 1 is 1.05 bits per heavy atom. The van der Waals surface area contributed by atoms with Crippen molar-refractivity contribution < 1.29 is 0 Å². The van der Waals surface area contributed by atoms with Gasteiger partial charge in [-0.15, -0.1) is 0 Å². The lowest BCUT2D eigenvalue weighted by Gasteiger charge is -2.26. The lowest BCUT2D eigenvalue weighted by atomic mass is 9.78. The summed E-state index contributed by atoms with van der Waals surface area (Å²) in [5.41, 5.74) is 11.0. The highest BCUT2D eigenvalue weighted by molar-refractivity contribution is 6.42. The van der Waals surface area contributed by atoms with Crippen LogP contribution in [0.5, 0.6) is 0 Å². The van der Waals surface area contributed by atoms with Crippen LogP contribution >= 0.6 is 23.2 Å². The molecule has 0 aliphatic heterocycles. The standard InChI is InChI=1S/C18H17Cl2N/c19-17-6-5-14(11-18(17)20)16-10-12(7-8-21)9-13-3-1-2-4-15(13)16/h1-6,9,11,16H,7-8,10,21H2/t16-/m0/s1. The van der Waals surface area contributed by atoms with Crippen molar-refractivity contribution in [3.8, 4) is 0 Å². The van der Waals surface area contributed by atoms with Crippen molar-refractivity contribution >= 4 is 29.3 Å². The molecule has 1 atom stereocenters. The van der Waals surface area contributed by atoms with Crippen LogP contribution in [0.2, 0.25) is 10.0 Å². The lowest BCUT2D eigenvalue weighted by Crippen LogP contribution is -2.11. The van der Waals surface area contributed by atoms with E-state index in [4.69, 9.17) is 28.9 Å². The molecule has 0 amide bonds. The first kappa shape index (κ1) is 14.6. The van der Waals surface area contributed by atoms with Gasteiger partial charge in [0.15, 0.2) is 0 Å². The maximum Gasteiger partial charge on any atom is 0.0595 e. The first-order chi connectivity index (χ1) is 10.2. The van der Waals surface area contributed by atoms with Crippen LogP contribution in [-0.4, -0.2) is 6.54 Å². The van der Waals surface area contributed by atoms with Gasteiger partial charge in [0.25, 0.3) is 0 Å². The highest BCUT2D eigenvalue weighted by Gasteiger charge is 2.22. The van der Waals surface area contributed by atoms with Crippen LogP contribution in [0.15, 0.2) is 48.0 Å². The summed E-state index contributed by atoms with van der Waals surface area (Å²) in [6.45, 7) is 0.683. The van der Waals surface area contributed by atoms with E-state index in [0.29, 0.717) is 22.5 Å². The van der Waals surface area contributed by atoms with Crippen molar-refractivity contribution in [2.75, 3.05) is 6.54 Å². The molecule has 0 heterocycles. The maximum atomic E-state index is 6.19. The van der Waals surface area contributed by atoms with Gasteiger partial charge < -0.3 is 5.73 Å². The molecular formula is C18H17Cl2N. The molecule has 1 aliphatic carbocycles. The largest absolute Gasteiger partial charge is 0.330 e. The molecule has 1 nitrogen and oxygen atoms in total. The molecule has 2 aromatic rings. The van der Waals surface area contributed by atoms with E-state index in [-0.39, 0.29) is 0 Å². The summed E-state index contributed by atoms with van der Waals surface area (Å²) < 4.78 is 0. The van der Waals surface area contributed by atoms with Crippen LogP contribution < -0.4 is 5.73 Å². The summed E-state index contributed by atoms with van der Waals surface area (Å²) in [6, 6.07) is 14.5. The fourth-order valence-corrected chi connectivity index (χ4v) is 3.30. The van der Waals surface area contributed by atoms with Crippen LogP contribution in [0.3, 0.4) is 0 Å². The van der Waals surface area contributed by atoms with Crippen LogP contribution in [0.4, 0.5) is 0 Å². The molecule has 0 aromatic heterocycles. The van der Waals surface area contributed by atoms with Crippen LogP contribution in [0.1, 0.15) is 35.4 Å². The van der Waals surface area contributed by atoms with Gasteiger partial charge in [-0.1, -0.05) is 65.2 Å². The number of hydrogen-bond acceptors (Lipinski definition) is 1. The topological polar surface area (TPSA) is 26.0 Å². The molecule has 0 unspecified atom stereocenters. The van der Waals surface area contributed by atoms with E-state index >= 15 is 0 Å². The smallest absolute Gasteiger partial charge is 0.0595 e. The van der Waals surface area contributed by atoms with Gasteiger partial charge in [-0.2, -0.15) is 0 Å². The number of benzene rings is 2. The van der Waals surface area contributed by atoms with Gasteiger partial charge in [0.1, 0.15) is 0 Å². The molecule has 2 aromatic carbocycles. The van der Waals surface area contributed by atoms with Crippen molar-refractivity contribution in [3.63, 3.8) is 0 Å². The predicted octanol–water partition coefficient (Wildman–Crippen LogP) is 5.26. The van der Waals surface area contributed by atoms with Crippen LogP contribution in [0.25, 0.3) is 6.08 Å². The number of rotatable bonds is 3. The zero-order chi connectivity index (χ0) is 14.8. The molecule has 21 heavy (non-hydrogen) atoms. The van der Waals surface area contributed by atoms with Gasteiger partial charge in [0.2, 0.25) is 0 Å². The average molecular weight is 318 g/mol. The molecule has 3 rings (SSSR count). The Labute approximate surface area is 135 Å². The summed E-state index contributed by atoms with van der Waals surface area (Å²) in [6.07, 6.45) is 4.20. The average Bonchev–Trinajstić information content (AvgIpc) is 2.50. The Bertz CT molecular complexity index is 691. The zero-order valence-electron chi connectivity index (χ0n) is 11.7. The number of fused-ring (bicyclic) bond motifs is 1. The van der Waals surface area contributed by atoms with E-state index in [1.165, 1.54) is 22.3 Å². The SMILES string of the molecule is NCCC1=Cc2ccccc2[C@H](c2ccc(Cl)c(Cl)c2)C1. The van der Waals surface area contributed by atoms with Crippen molar-refractivity contribution in [1.29, 1.82) is 0 Å². The Balaban J connectivity index is 2.05. The van der Waals surface area contributed by atoms with Crippen molar-refractivity contribution in [2.24, 2.45) is 5.73 Å². The summed E-state index contributed by atoms with van der Waals surface area (Å²) in [5, 5.41) is 1.21. The first-order valence-corrected chi connectivity index (χ1v) is 7.88. The third-order valence-corrected chi connectivity index (χ3v) is 4.75. The highest BCUT2D eigenvalue weighted by atomic mass is 35.5. The Hall–Kier alpha value is -1.28. The van der Waals surface area contributed by atoms with Gasteiger partial charge in [-0.05, 0) is 48.2 Å². The monoisotopic (exact) mass is 317 g/mol. The Morgan fingerprint density at radius 2 is 1.86 bits per heavy atom. The molecule has 1 aliphatic rings. The van der Waals surface area contributed by atoms with Crippen molar-refractivity contribution in [1.82, 2.24) is 0 Å². The van der Waals surface area contributed by atoms with Gasteiger partial charge in [-0.3, -0.25) is 0 Å². The summed E-state index contributed by atoms with van der Waals surface area (Å²) in [5.74, 6) is 0.322. The molecule has 2 N–H and O–H groups in total. The summed E-state index contributed by atoms with van der Waals surface area (Å²) in [7, 11) is 0. The van der Waals surface area contributed by atoms with Crippen molar-refractivity contribution in [3.05, 3.63) is 74.8 Å². The number of nitrogens with two attached hydrogens (primary N) is 1. The predicted molar refractivity (Wildman–Crippen MR) is 91.0 cm³/mol. The maximum absolute atomic E-state index is 6.19. The second-order valence-electron chi connectivity index (χ2n) is 5.40. The molecule has 0 saturated heterocycles. The zero-order valence-corrected chi connectivity index (χ0v) is 13.2. The third-order valence-electron chi connectivity index (χ3n) is 4.01. The molecule has 108 valence electrons. The van der Waals surface area contributed by atoms with Gasteiger partial charge in [-0.25, -0.2) is 0 Å². The van der Waals surface area contributed by atoms with Crippen LogP contribution in [-0.2, 0) is 0 Å². The van der Waals surface area contributed by atoms with Gasteiger partial charge in [0, 0.05) is 5.92 Å². The minimum Gasteiger partial charge on any atom is -0.330 e. The quantitative estimate of drug-likeness (QED) is 0.820. The molecule has 0 fully saturated rings. The van der Waals surface area contributed by atoms with E-state index in [9.17, 15) is 0 Å². The molecule has 0 bridgehead atoms. The summed E-state index contributed by atoms with van der Waals surface area (Å²) >= 11 is 12.2. The highest BCUT2D eigenvalue weighted by Crippen LogP contribution is 2.40. The van der Waals surface area contributed by atoms with E-state index in [1.54, 1.807) is 0 Å². The van der Waals surface area contributed by atoms with E-state index in [1.807, 2.05) is 12.1 Å². The molecular weight excluding hydrogens is 301 g/mol. The van der Waals surface area contributed by atoms with E-state index in [2.05, 4.69) is 36.4 Å². The normalized spacial score (nSPS) is 17.3. The van der Waals surface area contributed by atoms with E-state index < -0.39 is 0 Å². The number of halogens is 2. The van der Waals surface area contributed by atoms with E-state index in [0.717, 1.165) is 12.8 Å². The fraction of sp³-hybridized carbons (Fsp3) is 0.222. The fourth-order valence-electron chi connectivity index (χ4n) is 3.00. The van der Waals surface area contributed by atoms with Crippen molar-refractivity contribution in [2.45, 2.75) is 18.8 Å². The van der Waals surface area contributed by atoms with Gasteiger partial charge in [0.05, 0.1) is 10.0 Å². The third kappa shape index (κ3) is 3.01. The second-order valence-corrected chi connectivity index (χ2v) is 6.21. The number of hydrogen-bond donors (Lipinski definition) is 1. The van der Waals surface area contributed by atoms with Gasteiger partial charge >= 0.3 is 0 Å². The lowest BCUT2D eigenvalue weighted by molar-refractivity contribution is 0.747. The van der Waals surface area contributed by atoms with Crippen LogP contribution in [0, 0.1) is 0 Å².